The van der Waals surface area contributed by atoms with Crippen molar-refractivity contribution in [2.45, 2.75) is 19.0 Å². The number of carbonyl (C=O) groups is 2. The predicted octanol–water partition coefficient (Wildman–Crippen LogP) is 4.20. The number of para-hydroxylation sites is 1. The van der Waals surface area contributed by atoms with Crippen molar-refractivity contribution in [2.24, 2.45) is 0 Å². The minimum absolute atomic E-state index is 0.0309. The molecule has 0 fully saturated rings. The lowest BCUT2D eigenvalue weighted by Gasteiger charge is -2.12. The van der Waals surface area contributed by atoms with E-state index in [2.05, 4.69) is 5.32 Å². The van der Waals surface area contributed by atoms with Crippen molar-refractivity contribution < 1.29 is 22.8 Å². The van der Waals surface area contributed by atoms with Gasteiger partial charge in [0, 0.05) is 11.4 Å². The summed E-state index contributed by atoms with van der Waals surface area (Å²) < 4.78 is 36.7. The molecule has 0 unspecified atom stereocenters. The monoisotopic (exact) mass is 384 g/mol. The molecule has 0 aliphatic rings. The molecule has 4 nitrogen and oxygen atoms in total. The summed E-state index contributed by atoms with van der Waals surface area (Å²) in [5.41, 5.74) is 1.05. The highest BCUT2D eigenvalue weighted by Gasteiger charge is 2.28. The Morgan fingerprint density at radius 3 is 2.31 bits per heavy atom. The number of carbonyl (C=O) groups excluding carboxylic acids is 2. The molecule has 0 heterocycles. The van der Waals surface area contributed by atoms with E-state index >= 15 is 0 Å². The zero-order valence-corrected chi connectivity index (χ0v) is 14.3. The van der Waals surface area contributed by atoms with Gasteiger partial charge < -0.3 is 10.6 Å². The molecule has 2 N–H and O–H groups in total. The number of hydrogen-bond donors (Lipinski definition) is 2. The van der Waals surface area contributed by atoms with Crippen LogP contribution in [-0.4, -0.2) is 24.5 Å². The molecule has 138 valence electrons. The normalized spacial score (nSPS) is 11.1. The zero-order chi connectivity index (χ0) is 19.2. The molecule has 0 aliphatic heterocycles. The third-order valence-corrected chi connectivity index (χ3v) is 3.70. The van der Waals surface area contributed by atoms with Crippen molar-refractivity contribution in [2.75, 3.05) is 11.9 Å². The molecule has 0 radical (unpaired) electrons. The van der Waals surface area contributed by atoms with Crippen LogP contribution in [0.15, 0.2) is 48.5 Å². The molecule has 0 bridgehead atoms. The number of benzene rings is 2. The number of amides is 2. The summed E-state index contributed by atoms with van der Waals surface area (Å²) in [6, 6.07) is 12.9. The first-order chi connectivity index (χ1) is 12.2. The van der Waals surface area contributed by atoms with Gasteiger partial charge in [-0.25, -0.2) is 0 Å². The van der Waals surface area contributed by atoms with Gasteiger partial charge in [-0.05, 0) is 36.2 Å². The first-order valence-electron chi connectivity index (χ1n) is 7.73. The van der Waals surface area contributed by atoms with Gasteiger partial charge in [-0.3, -0.25) is 9.59 Å². The number of nitrogens with one attached hydrogen (secondary N) is 2. The van der Waals surface area contributed by atoms with Gasteiger partial charge in [0.25, 0.3) is 5.91 Å². The second-order valence-corrected chi connectivity index (χ2v) is 5.95. The van der Waals surface area contributed by atoms with E-state index in [0.717, 1.165) is 5.56 Å². The summed E-state index contributed by atoms with van der Waals surface area (Å²) in [4.78, 5) is 24.0. The molecular weight excluding hydrogens is 369 g/mol. The Balaban J connectivity index is 1.97. The lowest BCUT2D eigenvalue weighted by atomic mass is 10.1. The maximum Gasteiger partial charge on any atom is 0.405 e. The number of halogens is 4. The number of rotatable bonds is 6. The maximum atomic E-state index is 12.2. The molecule has 0 aliphatic carbocycles. The molecule has 0 atom stereocenters. The van der Waals surface area contributed by atoms with Gasteiger partial charge >= 0.3 is 6.18 Å². The lowest BCUT2D eigenvalue weighted by molar-refractivity contribution is -0.123. The number of anilines is 1. The molecule has 0 saturated heterocycles. The summed E-state index contributed by atoms with van der Waals surface area (Å²) in [6.45, 7) is -1.44. The van der Waals surface area contributed by atoms with Crippen LogP contribution in [0.4, 0.5) is 18.9 Å². The summed E-state index contributed by atoms with van der Waals surface area (Å²) >= 11 is 5.80. The van der Waals surface area contributed by atoms with Crippen LogP contribution in [-0.2, 0) is 11.2 Å². The molecule has 0 aromatic heterocycles. The third kappa shape index (κ3) is 6.40. The molecular formula is C18H16ClF3N2O2. The number of hydrogen-bond acceptors (Lipinski definition) is 2. The van der Waals surface area contributed by atoms with Crippen LogP contribution in [0.5, 0.6) is 0 Å². The van der Waals surface area contributed by atoms with Crippen molar-refractivity contribution in [1.82, 2.24) is 5.32 Å². The topological polar surface area (TPSA) is 58.2 Å². The lowest BCUT2D eigenvalue weighted by Crippen LogP contribution is -2.34. The molecule has 26 heavy (non-hydrogen) atoms. The van der Waals surface area contributed by atoms with Crippen molar-refractivity contribution >= 4 is 29.1 Å². The van der Waals surface area contributed by atoms with Gasteiger partial charge in [0.1, 0.15) is 6.54 Å². The van der Waals surface area contributed by atoms with Crippen LogP contribution in [0.2, 0.25) is 5.02 Å². The molecule has 0 saturated carbocycles. The van der Waals surface area contributed by atoms with E-state index in [1.165, 1.54) is 18.2 Å². The second kappa shape index (κ2) is 8.71. The van der Waals surface area contributed by atoms with Gasteiger partial charge in [-0.1, -0.05) is 35.9 Å². The fourth-order valence-corrected chi connectivity index (χ4v) is 2.31. The molecule has 2 rings (SSSR count). The Morgan fingerprint density at radius 1 is 1.00 bits per heavy atom. The van der Waals surface area contributed by atoms with Crippen LogP contribution in [0, 0.1) is 0 Å². The van der Waals surface area contributed by atoms with Crippen LogP contribution >= 0.6 is 11.6 Å². The molecule has 0 spiro atoms. The highest BCUT2D eigenvalue weighted by Crippen LogP contribution is 2.18. The van der Waals surface area contributed by atoms with Crippen molar-refractivity contribution in [3.05, 3.63) is 64.7 Å². The van der Waals surface area contributed by atoms with E-state index in [1.54, 1.807) is 35.6 Å². The molecule has 2 aromatic rings. The van der Waals surface area contributed by atoms with Crippen molar-refractivity contribution in [3.63, 3.8) is 0 Å². The number of alkyl halides is 3. The minimum Gasteiger partial charge on any atom is -0.343 e. The summed E-state index contributed by atoms with van der Waals surface area (Å²) in [5, 5.41) is 4.95. The van der Waals surface area contributed by atoms with Crippen LogP contribution in [0.25, 0.3) is 0 Å². The van der Waals surface area contributed by atoms with Gasteiger partial charge in [-0.2, -0.15) is 13.2 Å². The standard InChI is InChI=1S/C18H16ClF3N2O2/c19-13-8-5-12(6-9-13)7-10-16(25)24-15-4-2-1-3-14(15)17(26)23-11-18(20,21)22/h1-6,8-9H,7,10-11H2,(H,23,26)(H,24,25). The molecule has 2 aromatic carbocycles. The Morgan fingerprint density at radius 2 is 1.65 bits per heavy atom. The first-order valence-corrected chi connectivity index (χ1v) is 8.11. The Bertz CT molecular complexity index is 777. The van der Waals surface area contributed by atoms with E-state index in [1.807, 2.05) is 0 Å². The van der Waals surface area contributed by atoms with E-state index in [4.69, 9.17) is 11.6 Å². The Kier molecular flexibility index (Phi) is 6.63. The van der Waals surface area contributed by atoms with E-state index < -0.39 is 18.6 Å². The number of aryl methyl sites for hydroxylation is 1. The van der Waals surface area contributed by atoms with E-state index in [-0.39, 0.29) is 23.6 Å². The first kappa shape index (κ1) is 19.8. The maximum absolute atomic E-state index is 12.2. The zero-order valence-electron chi connectivity index (χ0n) is 13.6. The van der Waals surface area contributed by atoms with Crippen molar-refractivity contribution in [1.29, 1.82) is 0 Å². The largest absolute Gasteiger partial charge is 0.405 e. The Hall–Kier alpha value is -2.54. The summed E-state index contributed by atoms with van der Waals surface area (Å²) in [5.74, 6) is -1.26. The SMILES string of the molecule is O=C(CCc1ccc(Cl)cc1)Nc1ccccc1C(=O)NCC(F)(F)F. The summed E-state index contributed by atoms with van der Waals surface area (Å²) in [7, 11) is 0. The highest BCUT2D eigenvalue weighted by atomic mass is 35.5. The van der Waals surface area contributed by atoms with E-state index in [0.29, 0.717) is 11.4 Å². The minimum atomic E-state index is -4.51. The van der Waals surface area contributed by atoms with Crippen molar-refractivity contribution in [3.8, 4) is 0 Å². The fraction of sp³-hybridized carbons (Fsp3) is 0.222. The molecule has 2 amide bonds. The fourth-order valence-electron chi connectivity index (χ4n) is 2.19. The van der Waals surface area contributed by atoms with Crippen LogP contribution in [0.3, 0.4) is 0 Å². The smallest absolute Gasteiger partial charge is 0.343 e. The second-order valence-electron chi connectivity index (χ2n) is 5.52. The average molecular weight is 385 g/mol. The molecule has 8 heteroatoms. The van der Waals surface area contributed by atoms with E-state index in [9.17, 15) is 22.8 Å². The van der Waals surface area contributed by atoms with Gasteiger partial charge in [0.15, 0.2) is 0 Å². The van der Waals surface area contributed by atoms with Gasteiger partial charge in [0.2, 0.25) is 5.91 Å². The Labute approximate surface area is 153 Å². The quantitative estimate of drug-likeness (QED) is 0.784. The summed E-state index contributed by atoms with van der Waals surface area (Å²) in [6.07, 6.45) is -3.89. The van der Waals surface area contributed by atoms with Crippen LogP contribution < -0.4 is 10.6 Å². The van der Waals surface area contributed by atoms with Crippen LogP contribution in [0.1, 0.15) is 22.3 Å². The van der Waals surface area contributed by atoms with Gasteiger partial charge in [-0.15, -0.1) is 0 Å². The van der Waals surface area contributed by atoms with Gasteiger partial charge in [0.05, 0.1) is 11.3 Å². The third-order valence-electron chi connectivity index (χ3n) is 3.45. The highest BCUT2D eigenvalue weighted by molar-refractivity contribution is 6.30. The average Bonchev–Trinajstić information content (AvgIpc) is 2.59. The predicted molar refractivity (Wildman–Crippen MR) is 93.2 cm³/mol.